The Morgan fingerprint density at radius 1 is 0.978 bits per heavy atom. The van der Waals surface area contributed by atoms with E-state index in [1.54, 1.807) is 17.0 Å². The summed E-state index contributed by atoms with van der Waals surface area (Å²) >= 11 is 0. The lowest BCUT2D eigenvalue weighted by Crippen LogP contribution is -2.58. The summed E-state index contributed by atoms with van der Waals surface area (Å²) in [5.41, 5.74) is 1.65. The highest BCUT2D eigenvalue weighted by atomic mass is 32.2. The van der Waals surface area contributed by atoms with Crippen molar-refractivity contribution in [2.45, 2.75) is 37.8 Å². The van der Waals surface area contributed by atoms with Gasteiger partial charge in [0, 0.05) is 48.4 Å². The van der Waals surface area contributed by atoms with Gasteiger partial charge in [-0.2, -0.15) is 0 Å². The van der Waals surface area contributed by atoms with Crippen LogP contribution < -0.4 is 14.4 Å². The van der Waals surface area contributed by atoms with Gasteiger partial charge in [0.05, 0.1) is 12.6 Å². The number of benzene rings is 2. The summed E-state index contributed by atoms with van der Waals surface area (Å²) in [4.78, 5) is 39.9. The third-order valence-corrected chi connectivity index (χ3v) is 8.84. The van der Waals surface area contributed by atoms with Crippen LogP contribution in [-0.4, -0.2) is 72.2 Å². The van der Waals surface area contributed by atoms with E-state index in [0.29, 0.717) is 40.9 Å². The second kappa shape index (κ2) is 12.6. The van der Waals surface area contributed by atoms with E-state index in [9.17, 15) is 26.8 Å². The number of fused-ring (bicyclic) bond motifs is 1. The van der Waals surface area contributed by atoms with Crippen LogP contribution in [0.3, 0.4) is 0 Å². The van der Waals surface area contributed by atoms with Crippen LogP contribution in [0.15, 0.2) is 72.0 Å². The number of ether oxygens (including phenoxy) is 1. The Morgan fingerprint density at radius 2 is 1.71 bits per heavy atom. The Balaban J connectivity index is 1.49. The van der Waals surface area contributed by atoms with Gasteiger partial charge in [-0.1, -0.05) is 12.1 Å². The molecule has 234 valence electrons. The first-order valence-corrected chi connectivity index (χ1v) is 15.4. The Morgan fingerprint density at radius 3 is 2.40 bits per heavy atom. The highest BCUT2D eigenvalue weighted by Gasteiger charge is 2.33. The van der Waals surface area contributed by atoms with Crippen molar-refractivity contribution in [3.8, 4) is 17.0 Å². The molecule has 1 aliphatic rings. The molecule has 2 aromatic heterocycles. The molecule has 5 rings (SSSR count). The maximum Gasteiger partial charge on any atom is 0.267 e. The number of amides is 1. The van der Waals surface area contributed by atoms with Crippen molar-refractivity contribution >= 4 is 44.1 Å². The lowest BCUT2D eigenvalue weighted by Gasteiger charge is -2.44. The number of nitrogens with one attached hydrogen (secondary N) is 1. The topological polar surface area (TPSA) is 135 Å². The smallest absolute Gasteiger partial charge is 0.267 e. The summed E-state index contributed by atoms with van der Waals surface area (Å²) in [5, 5.41) is 0.705. The minimum Gasteiger partial charge on any atom is -0.480 e. The van der Waals surface area contributed by atoms with Gasteiger partial charge < -0.3 is 14.5 Å². The summed E-state index contributed by atoms with van der Waals surface area (Å²) in [5.74, 6) is -2.39. The average molecular weight is 637 g/mol. The third-order valence-electron chi connectivity index (χ3n) is 7.43. The largest absolute Gasteiger partial charge is 0.480 e. The maximum absolute atomic E-state index is 14.3. The maximum atomic E-state index is 14.3. The summed E-state index contributed by atoms with van der Waals surface area (Å²) in [6, 6.07) is 9.33. The van der Waals surface area contributed by atoms with Crippen molar-refractivity contribution < 1.29 is 31.5 Å². The SMILES string of the molecule is COc1ncc(-c2ccc3ncnc(N4C[C@@H](C)N(C(=O)/C=C/C(C)=O)C[C@@H]4C)c3c2)cc1NS(=O)(=O)c1c(F)cccc1F. The molecule has 1 amide bonds. The fraction of sp³-hybridized carbons (Fsp3) is 0.258. The fourth-order valence-corrected chi connectivity index (χ4v) is 6.43. The van der Waals surface area contributed by atoms with E-state index in [4.69, 9.17) is 4.74 Å². The van der Waals surface area contributed by atoms with Gasteiger partial charge in [-0.15, -0.1) is 0 Å². The van der Waals surface area contributed by atoms with Crippen molar-refractivity contribution in [1.82, 2.24) is 19.9 Å². The Labute approximate surface area is 258 Å². The van der Waals surface area contributed by atoms with E-state index in [1.807, 2.05) is 19.9 Å². The average Bonchev–Trinajstić information content (AvgIpc) is 2.99. The zero-order valence-electron chi connectivity index (χ0n) is 24.9. The summed E-state index contributed by atoms with van der Waals surface area (Å²) in [6.45, 7) is 6.16. The minimum absolute atomic E-state index is 0.0998. The highest BCUT2D eigenvalue weighted by molar-refractivity contribution is 7.92. The molecule has 0 saturated carbocycles. The number of ketones is 1. The van der Waals surface area contributed by atoms with Crippen molar-refractivity contribution in [2.24, 2.45) is 0 Å². The predicted molar refractivity (Wildman–Crippen MR) is 164 cm³/mol. The molecule has 2 aromatic carbocycles. The van der Waals surface area contributed by atoms with Crippen LogP contribution in [0.5, 0.6) is 5.88 Å². The number of hydrogen-bond acceptors (Lipinski definition) is 9. The van der Waals surface area contributed by atoms with Gasteiger partial charge in [0.25, 0.3) is 10.0 Å². The van der Waals surface area contributed by atoms with Crippen molar-refractivity contribution in [3.63, 3.8) is 0 Å². The molecule has 3 heterocycles. The van der Waals surface area contributed by atoms with Gasteiger partial charge in [0.15, 0.2) is 10.7 Å². The second-order valence-corrected chi connectivity index (χ2v) is 12.3. The molecule has 2 atom stereocenters. The van der Waals surface area contributed by atoms with Crippen LogP contribution in [0.25, 0.3) is 22.0 Å². The number of aromatic nitrogens is 3. The van der Waals surface area contributed by atoms with Gasteiger partial charge in [-0.05, 0) is 62.7 Å². The molecule has 14 heteroatoms. The molecule has 0 aliphatic carbocycles. The van der Waals surface area contributed by atoms with Crippen molar-refractivity contribution in [2.75, 3.05) is 29.8 Å². The number of allylic oxidation sites excluding steroid dienone is 1. The van der Waals surface area contributed by atoms with Crippen molar-refractivity contribution in [3.05, 3.63) is 78.8 Å². The van der Waals surface area contributed by atoms with Gasteiger partial charge >= 0.3 is 0 Å². The fourth-order valence-electron chi connectivity index (χ4n) is 5.25. The van der Waals surface area contributed by atoms with Crippen molar-refractivity contribution in [1.29, 1.82) is 0 Å². The van der Waals surface area contributed by atoms with E-state index in [0.717, 1.165) is 18.2 Å². The summed E-state index contributed by atoms with van der Waals surface area (Å²) in [7, 11) is -3.40. The minimum atomic E-state index is -4.69. The quantitative estimate of drug-likeness (QED) is 0.280. The highest BCUT2D eigenvalue weighted by Crippen LogP contribution is 2.35. The summed E-state index contributed by atoms with van der Waals surface area (Å²) in [6.07, 6.45) is 5.49. The normalized spacial score (nSPS) is 17.1. The zero-order valence-corrected chi connectivity index (χ0v) is 25.7. The first kappa shape index (κ1) is 31.4. The van der Waals surface area contributed by atoms with E-state index in [2.05, 4.69) is 24.6 Å². The molecule has 0 radical (unpaired) electrons. The number of pyridine rings is 1. The molecule has 45 heavy (non-hydrogen) atoms. The first-order valence-electron chi connectivity index (χ1n) is 13.9. The lowest BCUT2D eigenvalue weighted by atomic mass is 10.0. The van der Waals surface area contributed by atoms with E-state index < -0.39 is 26.6 Å². The molecule has 1 aliphatic heterocycles. The number of halogens is 2. The number of sulfonamides is 1. The Bertz CT molecular complexity index is 1920. The predicted octanol–water partition coefficient (Wildman–Crippen LogP) is 4.35. The van der Waals surface area contributed by atoms with Crippen LogP contribution in [-0.2, 0) is 19.6 Å². The standard InChI is InChI=1S/C31H30F2N6O5S/c1-18-16-39(19(2)15-38(18)28(41)11-8-20(3)40)30-23-12-21(9-10-26(23)35-17-36-30)22-13-27(31(44-4)34-14-22)37-45(42,43)29-24(32)6-5-7-25(29)33/h5-14,17-19,37H,15-16H2,1-4H3/b11-8+/t18-,19+/m1/s1. The number of carbonyl (C=O) groups excluding carboxylic acids is 2. The van der Waals surface area contributed by atoms with Crippen LogP contribution >= 0.6 is 0 Å². The van der Waals surface area contributed by atoms with Crippen LogP contribution in [0.1, 0.15) is 20.8 Å². The first-order chi connectivity index (χ1) is 21.4. The lowest BCUT2D eigenvalue weighted by molar-refractivity contribution is -0.129. The second-order valence-electron chi connectivity index (χ2n) is 10.7. The van der Waals surface area contributed by atoms with Gasteiger partial charge in [-0.25, -0.2) is 32.2 Å². The van der Waals surface area contributed by atoms with Gasteiger partial charge in [0.2, 0.25) is 11.8 Å². The van der Waals surface area contributed by atoms with Crippen LogP contribution in [0.4, 0.5) is 20.3 Å². The van der Waals surface area contributed by atoms with E-state index in [1.165, 1.54) is 44.8 Å². The summed E-state index contributed by atoms with van der Waals surface area (Å²) < 4.78 is 62.1. The molecule has 0 bridgehead atoms. The molecule has 1 N–H and O–H groups in total. The molecular weight excluding hydrogens is 606 g/mol. The number of rotatable bonds is 8. The Hall–Kier alpha value is -4.98. The molecular formula is C31H30F2N6O5S. The molecule has 11 nitrogen and oxygen atoms in total. The van der Waals surface area contributed by atoms with Gasteiger partial charge in [-0.3, -0.25) is 14.3 Å². The molecule has 0 spiro atoms. The van der Waals surface area contributed by atoms with Crippen LogP contribution in [0, 0.1) is 11.6 Å². The number of piperazine rings is 1. The molecule has 4 aromatic rings. The zero-order chi connectivity index (χ0) is 32.5. The van der Waals surface area contributed by atoms with Gasteiger partial charge in [0.1, 0.15) is 29.5 Å². The van der Waals surface area contributed by atoms with E-state index in [-0.39, 0.29) is 35.3 Å². The molecule has 1 saturated heterocycles. The number of carbonyl (C=O) groups is 2. The van der Waals surface area contributed by atoms with E-state index >= 15 is 0 Å². The molecule has 0 unspecified atom stereocenters. The monoisotopic (exact) mass is 636 g/mol. The number of anilines is 2. The Kier molecular flexibility index (Phi) is 8.77. The molecule has 1 fully saturated rings. The number of methoxy groups -OCH3 is 1. The van der Waals surface area contributed by atoms with Crippen LogP contribution in [0.2, 0.25) is 0 Å². The number of hydrogen-bond donors (Lipinski definition) is 1. The number of nitrogens with zero attached hydrogens (tertiary/aromatic N) is 5. The third kappa shape index (κ3) is 6.45.